The van der Waals surface area contributed by atoms with E-state index in [0.717, 1.165) is 12.8 Å². The smallest absolute Gasteiger partial charge is 0.394 e. The van der Waals surface area contributed by atoms with Crippen LogP contribution in [0.15, 0.2) is 0 Å². The molecule has 2 unspecified atom stereocenters. The van der Waals surface area contributed by atoms with Gasteiger partial charge in [-0.1, -0.05) is 103 Å². The van der Waals surface area contributed by atoms with E-state index in [1.165, 1.54) is 83.5 Å². The molecule has 31 heavy (non-hydrogen) atoms. The van der Waals surface area contributed by atoms with Crippen molar-refractivity contribution in [3.05, 3.63) is 0 Å². The Morgan fingerprint density at radius 2 is 1.19 bits per heavy atom. The standard InChI is InChI=1S/C24H52NO5P/c1-5-6-7-8-9-10-11-12-13-14-15-16-17-18-19-20-24(23-26)30-31(27,28)29-22-21-25(2,3)4/h24,26H,5-23H2,1-4H3/p+1. The minimum absolute atomic E-state index is 0.147. The topological polar surface area (TPSA) is 76.0 Å². The summed E-state index contributed by atoms with van der Waals surface area (Å²) in [5.74, 6) is 0. The van der Waals surface area contributed by atoms with Gasteiger partial charge in [0, 0.05) is 0 Å². The highest BCUT2D eigenvalue weighted by Gasteiger charge is 2.27. The van der Waals surface area contributed by atoms with Crippen molar-refractivity contribution in [2.45, 2.75) is 116 Å². The lowest BCUT2D eigenvalue weighted by Crippen LogP contribution is -2.37. The molecule has 0 fully saturated rings. The summed E-state index contributed by atoms with van der Waals surface area (Å²) in [5, 5.41) is 9.44. The molecule has 2 N–H and O–H groups in total. The summed E-state index contributed by atoms with van der Waals surface area (Å²) in [6, 6.07) is 0. The minimum atomic E-state index is -4.11. The van der Waals surface area contributed by atoms with Gasteiger partial charge in [0.1, 0.15) is 13.2 Å². The summed E-state index contributed by atoms with van der Waals surface area (Å²) >= 11 is 0. The van der Waals surface area contributed by atoms with Gasteiger partial charge in [0.2, 0.25) is 0 Å². The summed E-state index contributed by atoms with van der Waals surface area (Å²) in [5.41, 5.74) is 0. The molecule has 0 aliphatic heterocycles. The van der Waals surface area contributed by atoms with E-state index in [1.807, 2.05) is 21.1 Å². The molecule has 2 atom stereocenters. The van der Waals surface area contributed by atoms with Crippen molar-refractivity contribution in [3.63, 3.8) is 0 Å². The van der Waals surface area contributed by atoms with Gasteiger partial charge < -0.3 is 14.5 Å². The Balaban J connectivity index is 3.58. The molecular formula is C24H53NO5P+. The van der Waals surface area contributed by atoms with E-state index in [-0.39, 0.29) is 13.2 Å². The second kappa shape index (κ2) is 19.5. The average Bonchev–Trinajstić information content (AvgIpc) is 2.68. The second-order valence-electron chi connectivity index (χ2n) is 9.96. The molecule has 0 aromatic heterocycles. The second-order valence-corrected chi connectivity index (χ2v) is 11.4. The molecule has 0 aromatic carbocycles. The van der Waals surface area contributed by atoms with Gasteiger partial charge in [-0.15, -0.1) is 0 Å². The molecule has 0 spiro atoms. The number of likely N-dealkylation sites (N-methyl/N-ethyl adjacent to an activating group) is 1. The Morgan fingerprint density at radius 3 is 1.58 bits per heavy atom. The van der Waals surface area contributed by atoms with E-state index >= 15 is 0 Å². The number of nitrogens with zero attached hydrogens (tertiary/aromatic N) is 1. The molecule has 188 valence electrons. The lowest BCUT2D eigenvalue weighted by molar-refractivity contribution is -0.870. The van der Waals surface area contributed by atoms with Crippen LogP contribution in [0.5, 0.6) is 0 Å². The van der Waals surface area contributed by atoms with Crippen LogP contribution in [-0.2, 0) is 13.6 Å². The van der Waals surface area contributed by atoms with Gasteiger partial charge >= 0.3 is 7.82 Å². The molecule has 7 heteroatoms. The van der Waals surface area contributed by atoms with Gasteiger partial charge in [0.15, 0.2) is 0 Å². The van der Waals surface area contributed by atoms with E-state index in [1.54, 1.807) is 0 Å². The number of quaternary nitrogens is 1. The van der Waals surface area contributed by atoms with E-state index in [2.05, 4.69) is 6.92 Å². The van der Waals surface area contributed by atoms with Gasteiger partial charge in [0.25, 0.3) is 0 Å². The van der Waals surface area contributed by atoms with E-state index in [0.29, 0.717) is 17.4 Å². The first kappa shape index (κ1) is 31.0. The van der Waals surface area contributed by atoms with Crippen molar-refractivity contribution in [2.24, 2.45) is 0 Å². The maximum atomic E-state index is 12.0. The number of aliphatic hydroxyl groups excluding tert-OH is 1. The normalized spacial score (nSPS) is 15.2. The zero-order valence-corrected chi connectivity index (χ0v) is 21.9. The van der Waals surface area contributed by atoms with E-state index < -0.39 is 13.9 Å². The maximum absolute atomic E-state index is 12.0. The number of unbranched alkanes of at least 4 members (excludes halogenated alkanes) is 14. The number of aliphatic hydroxyl groups is 1. The fourth-order valence-electron chi connectivity index (χ4n) is 3.57. The van der Waals surface area contributed by atoms with Crippen LogP contribution in [0.3, 0.4) is 0 Å². The van der Waals surface area contributed by atoms with Crippen molar-refractivity contribution in [2.75, 3.05) is 40.9 Å². The molecule has 0 amide bonds. The third-order valence-corrected chi connectivity index (χ3v) is 6.71. The van der Waals surface area contributed by atoms with E-state index in [9.17, 15) is 14.6 Å². The Labute approximate surface area is 192 Å². The summed E-state index contributed by atoms with van der Waals surface area (Å²) < 4.78 is 22.8. The van der Waals surface area contributed by atoms with Crippen molar-refractivity contribution >= 4 is 7.82 Å². The molecule has 0 saturated carbocycles. The number of hydrogen-bond donors (Lipinski definition) is 2. The summed E-state index contributed by atoms with van der Waals surface area (Å²) in [4.78, 5) is 9.83. The Kier molecular flexibility index (Phi) is 19.5. The average molecular weight is 467 g/mol. The number of hydrogen-bond acceptors (Lipinski definition) is 4. The lowest BCUT2D eigenvalue weighted by Gasteiger charge is -2.24. The molecule has 0 heterocycles. The Hall–Kier alpha value is 0.0300. The molecule has 0 radical (unpaired) electrons. The van der Waals surface area contributed by atoms with Crippen molar-refractivity contribution in [3.8, 4) is 0 Å². The Bertz CT molecular complexity index is 442. The molecule has 0 aromatic rings. The van der Waals surface area contributed by atoms with Crippen LogP contribution < -0.4 is 0 Å². The third kappa shape index (κ3) is 23.0. The first-order valence-electron chi connectivity index (χ1n) is 12.8. The molecule has 0 rings (SSSR count). The van der Waals surface area contributed by atoms with Crippen LogP contribution in [-0.4, -0.2) is 61.5 Å². The predicted octanol–water partition coefficient (Wildman–Crippen LogP) is 6.45. The highest BCUT2D eigenvalue weighted by atomic mass is 31.2. The molecule has 0 saturated heterocycles. The van der Waals surface area contributed by atoms with Gasteiger partial charge in [0.05, 0.1) is 33.9 Å². The quantitative estimate of drug-likeness (QED) is 0.103. The van der Waals surface area contributed by atoms with Gasteiger partial charge in [-0.2, -0.15) is 0 Å². The SMILES string of the molecule is CCCCCCCCCCCCCCCCCC(CO)OP(=O)(O)OCC[N+](C)(C)C. The van der Waals surface area contributed by atoms with Gasteiger partial charge in [-0.25, -0.2) is 4.57 Å². The molecule has 0 aliphatic rings. The minimum Gasteiger partial charge on any atom is -0.394 e. The van der Waals surface area contributed by atoms with Gasteiger partial charge in [-0.05, 0) is 6.42 Å². The number of phosphoric ester groups is 1. The zero-order chi connectivity index (χ0) is 23.4. The summed E-state index contributed by atoms with van der Waals surface area (Å²) in [6.07, 6.45) is 19.4. The van der Waals surface area contributed by atoms with Crippen molar-refractivity contribution in [1.29, 1.82) is 0 Å². The monoisotopic (exact) mass is 466 g/mol. The van der Waals surface area contributed by atoms with E-state index in [4.69, 9.17) is 9.05 Å². The largest absolute Gasteiger partial charge is 0.472 e. The molecular weight excluding hydrogens is 413 g/mol. The first-order chi connectivity index (χ1) is 14.7. The first-order valence-corrected chi connectivity index (χ1v) is 14.3. The number of rotatable bonds is 23. The van der Waals surface area contributed by atoms with Crippen molar-refractivity contribution < 1.29 is 28.1 Å². The Morgan fingerprint density at radius 1 is 0.774 bits per heavy atom. The van der Waals surface area contributed by atoms with Crippen LogP contribution in [0, 0.1) is 0 Å². The number of phosphoric acid groups is 1. The lowest BCUT2D eigenvalue weighted by atomic mass is 10.0. The molecule has 0 aliphatic carbocycles. The van der Waals surface area contributed by atoms with Crippen molar-refractivity contribution in [1.82, 2.24) is 0 Å². The fraction of sp³-hybridized carbons (Fsp3) is 1.00. The van der Waals surface area contributed by atoms with Crippen LogP contribution in [0.2, 0.25) is 0 Å². The van der Waals surface area contributed by atoms with Crippen LogP contribution in [0.4, 0.5) is 0 Å². The van der Waals surface area contributed by atoms with Crippen LogP contribution in [0.25, 0.3) is 0 Å². The van der Waals surface area contributed by atoms with Crippen LogP contribution in [0.1, 0.15) is 110 Å². The molecule has 6 nitrogen and oxygen atoms in total. The van der Waals surface area contributed by atoms with Crippen LogP contribution >= 0.6 is 7.82 Å². The molecule has 0 bridgehead atoms. The highest BCUT2D eigenvalue weighted by Crippen LogP contribution is 2.45. The highest BCUT2D eigenvalue weighted by molar-refractivity contribution is 7.47. The fourth-order valence-corrected chi connectivity index (χ4v) is 4.49. The zero-order valence-electron chi connectivity index (χ0n) is 21.0. The summed E-state index contributed by atoms with van der Waals surface area (Å²) in [6.45, 7) is 2.76. The van der Waals surface area contributed by atoms with Gasteiger partial charge in [-0.3, -0.25) is 9.05 Å². The summed E-state index contributed by atoms with van der Waals surface area (Å²) in [7, 11) is 1.85. The predicted molar refractivity (Wildman–Crippen MR) is 130 cm³/mol. The third-order valence-electron chi connectivity index (χ3n) is 5.63. The maximum Gasteiger partial charge on any atom is 0.472 e.